The third-order valence-corrected chi connectivity index (χ3v) is 4.25. The summed E-state index contributed by atoms with van der Waals surface area (Å²) in [6.07, 6.45) is -0.0126. The number of ether oxygens (including phenoxy) is 2. The van der Waals surface area contributed by atoms with Crippen molar-refractivity contribution in [3.05, 3.63) is 69.3 Å². The van der Waals surface area contributed by atoms with Crippen LogP contribution in [0.15, 0.2) is 42.5 Å². The smallest absolute Gasteiger partial charge is 0.284 e. The van der Waals surface area contributed by atoms with Crippen LogP contribution < -0.4 is 4.74 Å². The van der Waals surface area contributed by atoms with Crippen molar-refractivity contribution < 1.29 is 19.2 Å². The van der Waals surface area contributed by atoms with Gasteiger partial charge in [0.15, 0.2) is 0 Å². The zero-order valence-electron chi connectivity index (χ0n) is 15.0. The molecule has 0 N–H and O–H groups in total. The number of benzene rings is 2. The molecule has 0 amide bonds. The van der Waals surface area contributed by atoms with Crippen LogP contribution in [-0.2, 0) is 10.2 Å². The zero-order chi connectivity index (χ0) is 18.9. The Morgan fingerprint density at radius 1 is 1.27 bits per heavy atom. The second kappa shape index (κ2) is 6.88. The molecule has 1 heterocycles. The Morgan fingerprint density at radius 2 is 1.96 bits per heavy atom. The summed E-state index contributed by atoms with van der Waals surface area (Å²) in [4.78, 5) is 24.0. The quantitative estimate of drug-likeness (QED) is 0.340. The van der Waals surface area contributed by atoms with Crippen LogP contribution in [0.25, 0.3) is 0 Å². The first kappa shape index (κ1) is 18.1. The summed E-state index contributed by atoms with van der Waals surface area (Å²) in [5.74, 6) is -0.212. The SMILES string of the molecule is CC(C)(C)c1cccc(C(=O)c2c(OCC3CO3)cccc2[N+](=O)[O-])c1. The number of nitro groups is 1. The lowest BCUT2D eigenvalue weighted by molar-refractivity contribution is -0.385. The van der Waals surface area contributed by atoms with Crippen LogP contribution in [-0.4, -0.2) is 30.0 Å². The zero-order valence-corrected chi connectivity index (χ0v) is 15.0. The number of ketones is 1. The van der Waals surface area contributed by atoms with Crippen LogP contribution in [0.5, 0.6) is 5.75 Å². The maximum atomic E-state index is 13.1. The van der Waals surface area contributed by atoms with E-state index in [4.69, 9.17) is 9.47 Å². The van der Waals surface area contributed by atoms with Crippen molar-refractivity contribution >= 4 is 11.5 Å². The molecule has 6 nitrogen and oxygen atoms in total. The van der Waals surface area contributed by atoms with Gasteiger partial charge in [0, 0.05) is 11.6 Å². The summed E-state index contributed by atoms with van der Waals surface area (Å²) in [5, 5.41) is 11.5. The monoisotopic (exact) mass is 355 g/mol. The van der Waals surface area contributed by atoms with E-state index in [-0.39, 0.29) is 35.1 Å². The third kappa shape index (κ3) is 3.91. The first-order valence-electron chi connectivity index (χ1n) is 8.44. The van der Waals surface area contributed by atoms with E-state index < -0.39 is 10.7 Å². The number of carbonyl (C=O) groups is 1. The fourth-order valence-electron chi connectivity index (χ4n) is 2.64. The minimum Gasteiger partial charge on any atom is -0.490 e. The minimum atomic E-state index is -0.554. The Balaban J connectivity index is 2.03. The highest BCUT2D eigenvalue weighted by atomic mass is 16.6. The van der Waals surface area contributed by atoms with Crippen molar-refractivity contribution in [3.63, 3.8) is 0 Å². The molecule has 0 aromatic heterocycles. The molecule has 0 radical (unpaired) electrons. The fraction of sp³-hybridized carbons (Fsp3) is 0.350. The van der Waals surface area contributed by atoms with Gasteiger partial charge >= 0.3 is 0 Å². The maximum absolute atomic E-state index is 13.1. The lowest BCUT2D eigenvalue weighted by atomic mass is 9.85. The van der Waals surface area contributed by atoms with Crippen LogP contribution >= 0.6 is 0 Å². The second-order valence-corrected chi connectivity index (χ2v) is 7.33. The second-order valence-electron chi connectivity index (χ2n) is 7.33. The first-order chi connectivity index (χ1) is 12.3. The van der Waals surface area contributed by atoms with Gasteiger partial charge in [0.05, 0.1) is 11.5 Å². The van der Waals surface area contributed by atoms with Gasteiger partial charge in [-0.25, -0.2) is 0 Å². The molecular formula is C20H21NO5. The number of hydrogen-bond acceptors (Lipinski definition) is 5. The van der Waals surface area contributed by atoms with Gasteiger partial charge in [-0.3, -0.25) is 14.9 Å². The van der Waals surface area contributed by atoms with E-state index in [1.165, 1.54) is 12.1 Å². The van der Waals surface area contributed by atoms with Crippen LogP contribution in [0.3, 0.4) is 0 Å². The van der Waals surface area contributed by atoms with Crippen molar-refractivity contribution in [2.45, 2.75) is 32.3 Å². The largest absolute Gasteiger partial charge is 0.490 e. The summed E-state index contributed by atoms with van der Waals surface area (Å²) in [6, 6.07) is 11.6. The van der Waals surface area contributed by atoms with Crippen molar-refractivity contribution in [1.29, 1.82) is 0 Å². The van der Waals surface area contributed by atoms with E-state index in [9.17, 15) is 14.9 Å². The number of hydrogen-bond donors (Lipinski definition) is 0. The lowest BCUT2D eigenvalue weighted by Gasteiger charge is -2.19. The van der Waals surface area contributed by atoms with Crippen molar-refractivity contribution in [1.82, 2.24) is 0 Å². The summed E-state index contributed by atoms with van der Waals surface area (Å²) in [6.45, 7) is 7.01. The van der Waals surface area contributed by atoms with Gasteiger partial charge in [0.1, 0.15) is 24.0 Å². The van der Waals surface area contributed by atoms with Gasteiger partial charge in [0.2, 0.25) is 5.78 Å². The maximum Gasteiger partial charge on any atom is 0.284 e. The summed E-state index contributed by atoms with van der Waals surface area (Å²) in [5.41, 5.74) is 0.964. The highest BCUT2D eigenvalue weighted by molar-refractivity contribution is 6.13. The molecule has 0 bridgehead atoms. The molecular weight excluding hydrogens is 334 g/mol. The molecule has 2 aromatic rings. The van der Waals surface area contributed by atoms with Crippen molar-refractivity contribution in [2.75, 3.05) is 13.2 Å². The van der Waals surface area contributed by atoms with Crippen molar-refractivity contribution in [3.8, 4) is 5.75 Å². The fourth-order valence-corrected chi connectivity index (χ4v) is 2.64. The first-order valence-corrected chi connectivity index (χ1v) is 8.44. The molecule has 0 aliphatic carbocycles. The van der Waals surface area contributed by atoms with E-state index >= 15 is 0 Å². The molecule has 1 aliphatic heterocycles. The Bertz CT molecular complexity index is 850. The van der Waals surface area contributed by atoms with Gasteiger partial charge in [-0.2, -0.15) is 0 Å². The standard InChI is InChI=1S/C20H21NO5/c1-20(2,3)14-7-4-6-13(10-14)19(22)18-16(21(23)24)8-5-9-17(18)26-12-15-11-25-15/h4-10,15H,11-12H2,1-3H3. The van der Waals surface area contributed by atoms with Gasteiger partial charge in [-0.05, 0) is 23.1 Å². The molecule has 2 aromatic carbocycles. The summed E-state index contributed by atoms with van der Waals surface area (Å²) in [7, 11) is 0. The van der Waals surface area contributed by atoms with E-state index in [0.29, 0.717) is 12.2 Å². The van der Waals surface area contributed by atoms with Crippen LogP contribution in [0, 0.1) is 10.1 Å². The van der Waals surface area contributed by atoms with E-state index in [1.54, 1.807) is 24.3 Å². The third-order valence-electron chi connectivity index (χ3n) is 4.25. The molecule has 26 heavy (non-hydrogen) atoms. The highest BCUT2D eigenvalue weighted by Crippen LogP contribution is 2.32. The number of nitro benzene ring substituents is 1. The molecule has 1 atom stereocenters. The number of carbonyl (C=O) groups excluding carboxylic acids is 1. The lowest BCUT2D eigenvalue weighted by Crippen LogP contribution is -2.14. The highest BCUT2D eigenvalue weighted by Gasteiger charge is 2.29. The number of epoxide rings is 1. The molecule has 136 valence electrons. The van der Waals surface area contributed by atoms with E-state index in [1.807, 2.05) is 26.8 Å². The number of nitrogens with zero attached hydrogens (tertiary/aromatic N) is 1. The number of rotatable bonds is 6. The van der Waals surface area contributed by atoms with Gasteiger partial charge in [-0.1, -0.05) is 45.0 Å². The van der Waals surface area contributed by atoms with Crippen molar-refractivity contribution in [2.24, 2.45) is 0 Å². The van der Waals surface area contributed by atoms with E-state index in [2.05, 4.69) is 0 Å². The average molecular weight is 355 g/mol. The van der Waals surface area contributed by atoms with Gasteiger partial charge in [-0.15, -0.1) is 0 Å². The Labute approximate surface area is 151 Å². The molecule has 1 aliphatic rings. The van der Waals surface area contributed by atoms with Crippen LogP contribution in [0.2, 0.25) is 0 Å². The summed E-state index contributed by atoms with van der Waals surface area (Å²) >= 11 is 0. The molecule has 0 spiro atoms. The molecule has 1 fully saturated rings. The Hall–Kier alpha value is -2.73. The summed E-state index contributed by atoms with van der Waals surface area (Å²) < 4.78 is 10.7. The molecule has 1 saturated heterocycles. The molecule has 3 rings (SSSR count). The molecule has 6 heteroatoms. The average Bonchev–Trinajstić information content (AvgIpc) is 3.42. The van der Waals surface area contributed by atoms with Gasteiger partial charge in [0.25, 0.3) is 5.69 Å². The Kier molecular flexibility index (Phi) is 4.78. The normalized spacial score (nSPS) is 16.2. The van der Waals surface area contributed by atoms with Crippen LogP contribution in [0.1, 0.15) is 42.3 Å². The molecule has 0 saturated carbocycles. The van der Waals surface area contributed by atoms with E-state index in [0.717, 1.165) is 5.56 Å². The van der Waals surface area contributed by atoms with Gasteiger partial charge < -0.3 is 9.47 Å². The predicted molar refractivity (Wildman–Crippen MR) is 96.9 cm³/mol. The minimum absolute atomic E-state index is 0.0126. The van der Waals surface area contributed by atoms with Crippen LogP contribution in [0.4, 0.5) is 5.69 Å². The molecule has 1 unspecified atom stereocenters. The Morgan fingerprint density at radius 3 is 2.58 bits per heavy atom. The predicted octanol–water partition coefficient (Wildman–Crippen LogP) is 3.90. The topological polar surface area (TPSA) is 82.0 Å².